The Kier molecular flexibility index (Phi) is 9.93. The van der Waals surface area contributed by atoms with Gasteiger partial charge in [0.15, 0.2) is 0 Å². The zero-order chi connectivity index (χ0) is 31.0. The van der Waals surface area contributed by atoms with Gasteiger partial charge in [-0.15, -0.1) is 0 Å². The van der Waals surface area contributed by atoms with E-state index in [0.29, 0.717) is 40.8 Å². The van der Waals surface area contributed by atoms with Gasteiger partial charge in [-0.25, -0.2) is 0 Å². The van der Waals surface area contributed by atoms with Crippen LogP contribution in [0.1, 0.15) is 133 Å². The van der Waals surface area contributed by atoms with Crippen molar-refractivity contribution < 1.29 is 36.4 Å². The number of rotatable bonds is 14. The average molecular weight is 633 g/mol. The van der Waals surface area contributed by atoms with Gasteiger partial charge in [-0.05, 0) is 116 Å². The average Bonchev–Trinajstić information content (AvgIpc) is 3.68. The molecule has 0 bridgehead atoms. The van der Waals surface area contributed by atoms with Crippen molar-refractivity contribution in [2.75, 3.05) is 11.5 Å². The Morgan fingerprint density at radius 2 is 1.51 bits per heavy atom. The number of alkyl halides is 5. The molecule has 0 amide bonds. The second-order valence-electron chi connectivity index (χ2n) is 14.4. The zero-order valence-electron chi connectivity index (χ0n) is 25.4. The SMILES string of the molecule is C[C@]12CCC3c4ccc(O)cc4C(O)[C@@H](CCCCCCCCCS(=O)CCCC(F)(F)C(F)(F)F)C3C1CCC21CC1. The lowest BCUT2D eigenvalue weighted by Gasteiger charge is -2.55. The van der Waals surface area contributed by atoms with Gasteiger partial charge in [0.25, 0.3) is 0 Å². The van der Waals surface area contributed by atoms with Crippen LogP contribution in [0.2, 0.25) is 0 Å². The van der Waals surface area contributed by atoms with Gasteiger partial charge in [0, 0.05) is 28.7 Å². The molecular formula is C34H49F5O3S. The molecule has 0 saturated heterocycles. The van der Waals surface area contributed by atoms with Crippen LogP contribution in [0.3, 0.4) is 0 Å². The fraction of sp³-hybridized carbons (Fsp3) is 0.824. The highest BCUT2D eigenvalue weighted by molar-refractivity contribution is 7.84. The number of phenols is 1. The van der Waals surface area contributed by atoms with Crippen LogP contribution in [-0.2, 0) is 10.8 Å². The second-order valence-corrected chi connectivity index (χ2v) is 16.1. The summed E-state index contributed by atoms with van der Waals surface area (Å²) in [5.74, 6) is -2.45. The molecule has 3 nitrogen and oxygen atoms in total. The minimum absolute atomic E-state index is 0.119. The third kappa shape index (κ3) is 6.69. The van der Waals surface area contributed by atoms with E-state index in [1.165, 1.54) is 44.1 Å². The maximum absolute atomic E-state index is 13.0. The summed E-state index contributed by atoms with van der Waals surface area (Å²) in [5, 5.41) is 21.9. The van der Waals surface area contributed by atoms with E-state index in [0.717, 1.165) is 50.5 Å². The first kappa shape index (κ1) is 33.2. The molecule has 0 heterocycles. The summed E-state index contributed by atoms with van der Waals surface area (Å²) >= 11 is 0. The lowest BCUT2D eigenvalue weighted by atomic mass is 9.50. The van der Waals surface area contributed by atoms with Crippen molar-refractivity contribution in [1.29, 1.82) is 0 Å². The largest absolute Gasteiger partial charge is 0.508 e. The van der Waals surface area contributed by atoms with Gasteiger partial charge in [-0.3, -0.25) is 4.21 Å². The molecule has 43 heavy (non-hydrogen) atoms. The quantitative estimate of drug-likeness (QED) is 0.159. The fourth-order valence-corrected chi connectivity index (χ4v) is 10.7. The standard InChI is InChI=1S/C34H49F5O3S/c1-31-16-13-25-24-12-11-23(40)22-27(24)30(41)26(29(25)28(31)14-17-32(31)18-19-32)10-7-5-3-2-4-6-8-20-43(42)21-9-15-33(35,36)34(37,38)39/h11-12,22,25-26,28-30,40-41H,2-10,13-21H2,1H3/t25?,26-,28?,29?,30?,31-,43?/m0/s1. The Morgan fingerprint density at radius 1 is 0.860 bits per heavy atom. The molecule has 0 aromatic heterocycles. The van der Waals surface area contributed by atoms with E-state index in [2.05, 4.69) is 13.0 Å². The van der Waals surface area contributed by atoms with Gasteiger partial charge in [0.2, 0.25) is 0 Å². The lowest BCUT2D eigenvalue weighted by molar-refractivity contribution is -0.284. The number of unbranched alkanes of at least 4 members (excludes halogenated alkanes) is 6. The molecule has 3 fully saturated rings. The van der Waals surface area contributed by atoms with Gasteiger partial charge in [-0.1, -0.05) is 51.5 Å². The van der Waals surface area contributed by atoms with Gasteiger partial charge in [0.05, 0.1) is 6.10 Å². The van der Waals surface area contributed by atoms with E-state index >= 15 is 0 Å². The van der Waals surface area contributed by atoms with E-state index in [1.807, 2.05) is 0 Å². The molecule has 0 radical (unpaired) electrons. The number of hydrogen-bond donors (Lipinski definition) is 2. The van der Waals surface area contributed by atoms with Crippen LogP contribution in [0.15, 0.2) is 18.2 Å². The summed E-state index contributed by atoms with van der Waals surface area (Å²) in [6.07, 6.45) is 7.79. The van der Waals surface area contributed by atoms with Crippen LogP contribution in [0.4, 0.5) is 22.0 Å². The number of fused-ring (bicyclic) bond motifs is 6. The van der Waals surface area contributed by atoms with Gasteiger partial charge >= 0.3 is 12.1 Å². The molecule has 3 saturated carbocycles. The minimum Gasteiger partial charge on any atom is -0.508 e. The minimum atomic E-state index is -5.55. The predicted molar refractivity (Wildman–Crippen MR) is 160 cm³/mol. The summed E-state index contributed by atoms with van der Waals surface area (Å²) in [6.45, 7) is 2.55. The Hall–Kier alpha value is -1.22. The monoisotopic (exact) mass is 632 g/mol. The molecule has 7 atom stereocenters. The maximum atomic E-state index is 13.0. The highest BCUT2D eigenvalue weighted by atomic mass is 32.2. The van der Waals surface area contributed by atoms with E-state index in [1.54, 1.807) is 12.1 Å². The Bertz CT molecular complexity index is 1140. The van der Waals surface area contributed by atoms with Crippen molar-refractivity contribution in [3.8, 4) is 5.75 Å². The van der Waals surface area contributed by atoms with Crippen molar-refractivity contribution in [3.63, 3.8) is 0 Å². The lowest BCUT2D eigenvalue weighted by Crippen LogP contribution is -2.47. The van der Waals surface area contributed by atoms with Gasteiger partial charge in [-0.2, -0.15) is 22.0 Å². The first-order valence-electron chi connectivity index (χ1n) is 16.6. The first-order valence-corrected chi connectivity index (χ1v) is 18.1. The number of aliphatic hydroxyl groups excluding tert-OH is 1. The molecule has 2 N–H and O–H groups in total. The predicted octanol–water partition coefficient (Wildman–Crippen LogP) is 9.59. The summed E-state index contributed by atoms with van der Waals surface area (Å²) in [4.78, 5) is 0. The Morgan fingerprint density at radius 3 is 2.19 bits per heavy atom. The molecule has 5 unspecified atom stereocenters. The van der Waals surface area contributed by atoms with Crippen LogP contribution in [0.25, 0.3) is 0 Å². The number of hydrogen-bond acceptors (Lipinski definition) is 3. The molecule has 0 aliphatic heterocycles. The summed E-state index contributed by atoms with van der Waals surface area (Å²) in [5.41, 5.74) is 3.12. The number of halogens is 5. The van der Waals surface area contributed by atoms with E-state index < -0.39 is 41.8 Å². The smallest absolute Gasteiger partial charge is 0.453 e. The van der Waals surface area contributed by atoms with E-state index in [9.17, 15) is 36.4 Å². The molecule has 1 aromatic rings. The molecule has 1 aromatic carbocycles. The van der Waals surface area contributed by atoms with Crippen LogP contribution in [0.5, 0.6) is 5.75 Å². The molecule has 244 valence electrons. The van der Waals surface area contributed by atoms with Crippen molar-refractivity contribution in [2.45, 2.75) is 134 Å². The normalized spacial score (nSPS) is 31.8. The number of aliphatic hydroxyl groups is 1. The molecular weight excluding hydrogens is 583 g/mol. The molecule has 1 spiro atoms. The van der Waals surface area contributed by atoms with E-state index in [-0.39, 0.29) is 17.4 Å². The van der Waals surface area contributed by atoms with Crippen LogP contribution in [-0.4, -0.2) is 38.0 Å². The fourth-order valence-electron chi connectivity index (χ4n) is 9.53. The van der Waals surface area contributed by atoms with Gasteiger partial charge < -0.3 is 10.2 Å². The molecule has 4 aliphatic rings. The van der Waals surface area contributed by atoms with Crippen LogP contribution >= 0.6 is 0 Å². The Balaban J connectivity index is 1.04. The maximum Gasteiger partial charge on any atom is 0.453 e. The first-order chi connectivity index (χ1) is 20.3. The number of benzene rings is 1. The van der Waals surface area contributed by atoms with Crippen LogP contribution in [0, 0.1) is 28.6 Å². The van der Waals surface area contributed by atoms with Crippen molar-refractivity contribution in [1.82, 2.24) is 0 Å². The zero-order valence-corrected chi connectivity index (χ0v) is 26.3. The highest BCUT2D eigenvalue weighted by Gasteiger charge is 2.67. The van der Waals surface area contributed by atoms with Crippen molar-refractivity contribution in [2.24, 2.45) is 28.6 Å². The van der Waals surface area contributed by atoms with Crippen molar-refractivity contribution >= 4 is 10.8 Å². The summed E-state index contributed by atoms with van der Waals surface area (Å²) < 4.78 is 74.7. The van der Waals surface area contributed by atoms with E-state index in [4.69, 9.17) is 0 Å². The molecule has 9 heteroatoms. The number of phenolic OH excluding ortho intramolecular Hbond substituents is 1. The summed E-state index contributed by atoms with van der Waals surface area (Å²) in [7, 11) is -1.37. The Labute approximate surface area is 255 Å². The van der Waals surface area contributed by atoms with Crippen LogP contribution < -0.4 is 0 Å². The molecule has 4 aliphatic carbocycles. The highest BCUT2D eigenvalue weighted by Crippen LogP contribution is 2.76. The molecule has 5 rings (SSSR count). The third-order valence-corrected chi connectivity index (χ3v) is 13.6. The van der Waals surface area contributed by atoms with Crippen molar-refractivity contribution in [3.05, 3.63) is 29.3 Å². The topological polar surface area (TPSA) is 57.5 Å². The third-order valence-electron chi connectivity index (χ3n) is 12.1. The number of aromatic hydroxyl groups is 1. The summed E-state index contributed by atoms with van der Waals surface area (Å²) in [6, 6.07) is 5.64. The van der Waals surface area contributed by atoms with Gasteiger partial charge in [0.1, 0.15) is 5.75 Å². The second kappa shape index (κ2) is 12.9.